The number of aryl methyl sites for hydroxylation is 2. The van der Waals surface area contributed by atoms with E-state index in [0.717, 1.165) is 24.1 Å². The van der Waals surface area contributed by atoms with E-state index in [4.69, 9.17) is 4.74 Å². The van der Waals surface area contributed by atoms with Gasteiger partial charge in [-0.25, -0.2) is 0 Å². The Morgan fingerprint density at radius 1 is 1.21 bits per heavy atom. The zero-order valence-electron chi connectivity index (χ0n) is 8.44. The van der Waals surface area contributed by atoms with Crippen LogP contribution in [0.1, 0.15) is 17.5 Å². The predicted molar refractivity (Wildman–Crippen MR) is 67.5 cm³/mol. The Morgan fingerprint density at radius 3 is 2.29 bits per heavy atom. The summed E-state index contributed by atoms with van der Waals surface area (Å²) in [6.45, 7) is 4.93. The Balaban J connectivity index is 2.69. The van der Waals surface area contributed by atoms with Crippen LogP contribution >= 0.6 is 31.9 Å². The van der Waals surface area contributed by atoms with Crippen molar-refractivity contribution in [1.82, 2.24) is 0 Å². The first-order valence-corrected chi connectivity index (χ1v) is 6.52. The molecule has 0 bridgehead atoms. The van der Waals surface area contributed by atoms with Crippen molar-refractivity contribution < 1.29 is 4.74 Å². The lowest BCUT2D eigenvalue weighted by Gasteiger charge is -2.09. The molecule has 0 saturated heterocycles. The third kappa shape index (κ3) is 3.28. The van der Waals surface area contributed by atoms with Gasteiger partial charge in [0.1, 0.15) is 5.75 Å². The molecule has 0 atom stereocenters. The van der Waals surface area contributed by atoms with E-state index < -0.39 is 0 Å². The lowest BCUT2D eigenvalue weighted by Crippen LogP contribution is -1.98. The molecule has 0 heterocycles. The normalized spacial score (nSPS) is 10.3. The summed E-state index contributed by atoms with van der Waals surface area (Å²) in [6, 6.07) is 4.12. The van der Waals surface area contributed by atoms with Crippen LogP contribution in [0.4, 0.5) is 0 Å². The van der Waals surface area contributed by atoms with Crippen LogP contribution in [0.25, 0.3) is 0 Å². The van der Waals surface area contributed by atoms with Gasteiger partial charge >= 0.3 is 0 Å². The first-order valence-electron chi connectivity index (χ1n) is 4.60. The molecule has 78 valence electrons. The molecule has 0 aromatic heterocycles. The molecular formula is C11H14Br2O. The largest absolute Gasteiger partial charge is 0.494 e. The minimum atomic E-state index is 0.770. The summed E-state index contributed by atoms with van der Waals surface area (Å²) in [4.78, 5) is 0. The van der Waals surface area contributed by atoms with Crippen molar-refractivity contribution in [2.45, 2.75) is 20.3 Å². The van der Waals surface area contributed by atoms with E-state index in [2.05, 4.69) is 57.8 Å². The summed E-state index contributed by atoms with van der Waals surface area (Å²) in [5.74, 6) is 0.962. The number of alkyl halides is 1. The van der Waals surface area contributed by atoms with E-state index in [0.29, 0.717) is 0 Å². The molecular weight excluding hydrogens is 308 g/mol. The number of halogens is 2. The van der Waals surface area contributed by atoms with Crippen LogP contribution in [0, 0.1) is 13.8 Å². The van der Waals surface area contributed by atoms with Crippen molar-refractivity contribution in [3.63, 3.8) is 0 Å². The molecule has 0 amide bonds. The molecule has 0 N–H and O–H groups in total. The molecule has 0 aliphatic heterocycles. The fourth-order valence-corrected chi connectivity index (χ4v) is 1.69. The zero-order valence-corrected chi connectivity index (χ0v) is 11.6. The van der Waals surface area contributed by atoms with E-state index in [1.807, 2.05) is 0 Å². The van der Waals surface area contributed by atoms with Crippen molar-refractivity contribution in [3.05, 3.63) is 27.7 Å². The Bertz CT molecular complexity index is 287. The SMILES string of the molecule is Cc1cc(OCCCBr)cc(C)c1Br. The quantitative estimate of drug-likeness (QED) is 0.595. The predicted octanol–water partition coefficient (Wildman–Crippen LogP) is 4.23. The number of hydrogen-bond donors (Lipinski definition) is 0. The van der Waals surface area contributed by atoms with Crippen molar-refractivity contribution in [2.75, 3.05) is 11.9 Å². The molecule has 0 spiro atoms. The highest BCUT2D eigenvalue weighted by Gasteiger charge is 2.02. The molecule has 3 heteroatoms. The molecule has 0 fully saturated rings. The Hall–Kier alpha value is -0.0200. The van der Waals surface area contributed by atoms with Crippen LogP contribution in [0.3, 0.4) is 0 Å². The monoisotopic (exact) mass is 320 g/mol. The molecule has 0 unspecified atom stereocenters. The molecule has 0 radical (unpaired) electrons. The highest BCUT2D eigenvalue weighted by Crippen LogP contribution is 2.26. The summed E-state index contributed by atoms with van der Waals surface area (Å²) >= 11 is 6.91. The molecule has 0 aliphatic carbocycles. The van der Waals surface area contributed by atoms with Gasteiger partial charge in [0.05, 0.1) is 6.61 Å². The van der Waals surface area contributed by atoms with Crippen LogP contribution in [-0.2, 0) is 0 Å². The third-order valence-electron chi connectivity index (χ3n) is 1.96. The van der Waals surface area contributed by atoms with Gasteiger partial charge in [-0.1, -0.05) is 31.9 Å². The second-order valence-electron chi connectivity index (χ2n) is 3.26. The zero-order chi connectivity index (χ0) is 10.6. The number of benzene rings is 1. The van der Waals surface area contributed by atoms with Crippen LogP contribution in [0.2, 0.25) is 0 Å². The van der Waals surface area contributed by atoms with Gasteiger partial charge in [0, 0.05) is 9.80 Å². The minimum absolute atomic E-state index is 0.770. The Labute approximate surface area is 102 Å². The van der Waals surface area contributed by atoms with Crippen molar-refractivity contribution >= 4 is 31.9 Å². The standard InChI is InChI=1S/C11H14Br2O/c1-8-6-10(14-5-3-4-12)7-9(2)11(8)13/h6-7H,3-5H2,1-2H3. The molecule has 1 rings (SSSR count). The summed E-state index contributed by atoms with van der Waals surface area (Å²) in [5.41, 5.74) is 2.44. The van der Waals surface area contributed by atoms with E-state index in [-0.39, 0.29) is 0 Å². The van der Waals surface area contributed by atoms with Crippen LogP contribution in [0.15, 0.2) is 16.6 Å². The second-order valence-corrected chi connectivity index (χ2v) is 4.85. The van der Waals surface area contributed by atoms with Gasteiger partial charge in [-0.05, 0) is 43.5 Å². The summed E-state index contributed by atoms with van der Waals surface area (Å²) in [5, 5.41) is 0.988. The van der Waals surface area contributed by atoms with Crippen LogP contribution in [-0.4, -0.2) is 11.9 Å². The first-order chi connectivity index (χ1) is 6.65. The van der Waals surface area contributed by atoms with Crippen molar-refractivity contribution in [3.8, 4) is 5.75 Å². The second kappa shape index (κ2) is 5.76. The van der Waals surface area contributed by atoms with Gasteiger partial charge < -0.3 is 4.74 Å². The minimum Gasteiger partial charge on any atom is -0.494 e. The molecule has 0 saturated carbocycles. The summed E-state index contributed by atoms with van der Waals surface area (Å²) in [6.07, 6.45) is 1.04. The molecule has 1 nitrogen and oxygen atoms in total. The smallest absolute Gasteiger partial charge is 0.119 e. The maximum atomic E-state index is 5.61. The lowest BCUT2D eigenvalue weighted by atomic mass is 10.1. The van der Waals surface area contributed by atoms with E-state index in [1.165, 1.54) is 15.6 Å². The summed E-state index contributed by atoms with van der Waals surface area (Å²) in [7, 11) is 0. The average molecular weight is 322 g/mol. The first kappa shape index (κ1) is 12.1. The van der Waals surface area contributed by atoms with Gasteiger partial charge in [0.2, 0.25) is 0 Å². The maximum Gasteiger partial charge on any atom is 0.119 e. The molecule has 14 heavy (non-hydrogen) atoms. The van der Waals surface area contributed by atoms with Gasteiger partial charge in [-0.2, -0.15) is 0 Å². The molecule has 1 aromatic rings. The van der Waals surface area contributed by atoms with Crippen LogP contribution < -0.4 is 4.74 Å². The van der Waals surface area contributed by atoms with E-state index in [1.54, 1.807) is 0 Å². The number of rotatable bonds is 4. The Morgan fingerprint density at radius 2 is 1.79 bits per heavy atom. The van der Waals surface area contributed by atoms with Gasteiger partial charge in [0.25, 0.3) is 0 Å². The Kier molecular flexibility index (Phi) is 4.96. The topological polar surface area (TPSA) is 9.23 Å². The van der Waals surface area contributed by atoms with Crippen LogP contribution in [0.5, 0.6) is 5.75 Å². The van der Waals surface area contributed by atoms with Crippen molar-refractivity contribution in [1.29, 1.82) is 0 Å². The number of hydrogen-bond acceptors (Lipinski definition) is 1. The highest BCUT2D eigenvalue weighted by molar-refractivity contribution is 9.10. The fraction of sp³-hybridized carbons (Fsp3) is 0.455. The lowest BCUT2D eigenvalue weighted by molar-refractivity contribution is 0.318. The highest BCUT2D eigenvalue weighted by atomic mass is 79.9. The summed E-state index contributed by atoms with van der Waals surface area (Å²) < 4.78 is 6.78. The van der Waals surface area contributed by atoms with E-state index >= 15 is 0 Å². The average Bonchev–Trinajstić information content (AvgIpc) is 2.14. The molecule has 0 aliphatic rings. The maximum absolute atomic E-state index is 5.61. The van der Waals surface area contributed by atoms with Crippen molar-refractivity contribution in [2.24, 2.45) is 0 Å². The van der Waals surface area contributed by atoms with Gasteiger partial charge in [-0.15, -0.1) is 0 Å². The third-order valence-corrected chi connectivity index (χ3v) is 3.77. The number of ether oxygens (including phenoxy) is 1. The molecule has 1 aromatic carbocycles. The van der Waals surface area contributed by atoms with E-state index in [9.17, 15) is 0 Å². The van der Waals surface area contributed by atoms with Gasteiger partial charge in [-0.3, -0.25) is 0 Å². The van der Waals surface area contributed by atoms with Gasteiger partial charge in [0.15, 0.2) is 0 Å². The fourth-order valence-electron chi connectivity index (χ4n) is 1.23.